The molecule has 0 aromatic heterocycles. The summed E-state index contributed by atoms with van der Waals surface area (Å²) in [5.74, 6) is 10.6. The third-order valence-corrected chi connectivity index (χ3v) is 9.82. The zero-order valence-electron chi connectivity index (χ0n) is 14.8. The molecular formula is C22H30O2. The van der Waals surface area contributed by atoms with Gasteiger partial charge in [0.05, 0.1) is 0 Å². The number of hydrogen-bond acceptors (Lipinski definition) is 2. The van der Waals surface area contributed by atoms with Gasteiger partial charge in [0, 0.05) is 6.08 Å². The summed E-state index contributed by atoms with van der Waals surface area (Å²) in [6, 6.07) is 0. The minimum atomic E-state index is -0.198. The highest BCUT2D eigenvalue weighted by Crippen LogP contribution is 2.77. The van der Waals surface area contributed by atoms with E-state index in [1.807, 2.05) is 0 Å². The fourth-order valence-corrected chi connectivity index (χ4v) is 9.71. The fraction of sp³-hybridized carbons (Fsp3) is 0.864. The Hall–Kier alpha value is -0.790. The molecule has 130 valence electrons. The molecule has 0 radical (unpaired) electrons. The Morgan fingerprint density at radius 3 is 2.33 bits per heavy atom. The molecule has 0 aromatic carbocycles. The van der Waals surface area contributed by atoms with Crippen molar-refractivity contribution >= 4 is 5.97 Å². The van der Waals surface area contributed by atoms with Crippen LogP contribution in [0.4, 0.5) is 0 Å². The lowest BCUT2D eigenvalue weighted by Crippen LogP contribution is -2.45. The van der Waals surface area contributed by atoms with Gasteiger partial charge < -0.3 is 4.74 Å². The zero-order chi connectivity index (χ0) is 16.2. The largest absolute Gasteiger partial charge is 0.459 e. The minimum Gasteiger partial charge on any atom is -0.459 e. The smallest absolute Gasteiger partial charge is 0.330 e. The number of ether oxygens (including phenoxy) is 1. The Morgan fingerprint density at radius 1 is 0.917 bits per heavy atom. The zero-order valence-corrected chi connectivity index (χ0v) is 14.8. The highest BCUT2D eigenvalue weighted by molar-refractivity contribution is 5.81. The van der Waals surface area contributed by atoms with Crippen molar-refractivity contribution in [2.45, 2.75) is 51.6 Å². The second-order valence-corrected chi connectivity index (χ2v) is 10.0. The van der Waals surface area contributed by atoms with Crippen molar-refractivity contribution in [2.75, 3.05) is 0 Å². The quantitative estimate of drug-likeness (QED) is 0.439. The molecule has 12 unspecified atom stereocenters. The van der Waals surface area contributed by atoms with E-state index >= 15 is 0 Å². The average molecular weight is 326 g/mol. The molecule has 2 heteroatoms. The highest BCUT2D eigenvalue weighted by atomic mass is 16.5. The van der Waals surface area contributed by atoms with Gasteiger partial charge in [0.1, 0.15) is 6.10 Å². The monoisotopic (exact) mass is 326 g/mol. The summed E-state index contributed by atoms with van der Waals surface area (Å²) >= 11 is 0. The Balaban J connectivity index is 1.29. The molecule has 0 amide bonds. The Bertz CT molecular complexity index is 597. The van der Waals surface area contributed by atoms with Gasteiger partial charge in [0.25, 0.3) is 0 Å². The predicted octanol–water partition coefficient (Wildman–Crippen LogP) is 4.30. The first-order valence-corrected chi connectivity index (χ1v) is 10.5. The molecule has 6 bridgehead atoms. The molecule has 2 nitrogen and oxygen atoms in total. The van der Waals surface area contributed by atoms with Gasteiger partial charge in [-0.25, -0.2) is 4.79 Å². The predicted molar refractivity (Wildman–Crippen MR) is 91.8 cm³/mol. The summed E-state index contributed by atoms with van der Waals surface area (Å²) in [4.78, 5) is 11.7. The van der Waals surface area contributed by atoms with E-state index in [0.29, 0.717) is 5.92 Å². The summed E-state index contributed by atoms with van der Waals surface area (Å²) in [5.41, 5.74) is 0. The summed E-state index contributed by atoms with van der Waals surface area (Å²) in [6.07, 6.45) is 10.1. The third-order valence-electron chi connectivity index (χ3n) is 9.82. The maximum absolute atomic E-state index is 11.7. The molecular weight excluding hydrogens is 296 g/mol. The maximum Gasteiger partial charge on any atom is 0.330 e. The van der Waals surface area contributed by atoms with Crippen LogP contribution in [0.3, 0.4) is 0 Å². The van der Waals surface area contributed by atoms with Gasteiger partial charge >= 0.3 is 5.97 Å². The van der Waals surface area contributed by atoms with Gasteiger partial charge in [0.2, 0.25) is 0 Å². The van der Waals surface area contributed by atoms with Crippen LogP contribution >= 0.6 is 0 Å². The molecule has 0 aliphatic heterocycles. The molecule has 6 aliphatic rings. The molecule has 12 atom stereocenters. The summed E-state index contributed by atoms with van der Waals surface area (Å²) in [7, 11) is 0. The van der Waals surface area contributed by atoms with Gasteiger partial charge in [-0.05, 0) is 97.2 Å². The number of rotatable bonds is 3. The van der Waals surface area contributed by atoms with E-state index in [2.05, 4.69) is 13.5 Å². The molecule has 0 aromatic rings. The first-order valence-electron chi connectivity index (χ1n) is 10.5. The average Bonchev–Trinajstić information content (AvgIpc) is 3.37. The molecule has 6 rings (SSSR count). The van der Waals surface area contributed by atoms with E-state index < -0.39 is 0 Å². The van der Waals surface area contributed by atoms with Crippen molar-refractivity contribution < 1.29 is 9.53 Å². The van der Waals surface area contributed by atoms with Crippen LogP contribution in [-0.4, -0.2) is 12.1 Å². The summed E-state index contributed by atoms with van der Waals surface area (Å²) in [6.45, 7) is 6.00. The lowest BCUT2D eigenvalue weighted by Gasteiger charge is -2.48. The van der Waals surface area contributed by atoms with Gasteiger partial charge in [-0.2, -0.15) is 0 Å². The molecule has 0 heterocycles. The molecule has 6 aliphatic carbocycles. The van der Waals surface area contributed by atoms with Crippen LogP contribution < -0.4 is 0 Å². The van der Waals surface area contributed by atoms with Crippen LogP contribution in [0.15, 0.2) is 12.7 Å². The molecule has 0 saturated heterocycles. The van der Waals surface area contributed by atoms with E-state index in [9.17, 15) is 4.79 Å². The first kappa shape index (κ1) is 14.4. The summed E-state index contributed by atoms with van der Waals surface area (Å²) in [5, 5.41) is 0. The number of hydrogen-bond donors (Lipinski definition) is 0. The molecule has 6 saturated carbocycles. The van der Waals surface area contributed by atoms with Gasteiger partial charge in [-0.1, -0.05) is 19.9 Å². The van der Waals surface area contributed by atoms with E-state index in [1.165, 1.54) is 25.3 Å². The van der Waals surface area contributed by atoms with E-state index in [4.69, 9.17) is 4.74 Å². The van der Waals surface area contributed by atoms with Gasteiger partial charge in [-0.15, -0.1) is 0 Å². The first-order chi connectivity index (χ1) is 11.7. The van der Waals surface area contributed by atoms with Crippen molar-refractivity contribution in [2.24, 2.45) is 65.1 Å². The molecule has 24 heavy (non-hydrogen) atoms. The Morgan fingerprint density at radius 2 is 1.58 bits per heavy atom. The van der Waals surface area contributed by atoms with Crippen LogP contribution in [0.2, 0.25) is 0 Å². The van der Waals surface area contributed by atoms with Crippen LogP contribution in [0, 0.1) is 65.1 Å². The molecule has 0 spiro atoms. The van der Waals surface area contributed by atoms with Crippen molar-refractivity contribution in [3.8, 4) is 0 Å². The molecule has 6 fully saturated rings. The lowest BCUT2D eigenvalue weighted by molar-refractivity contribution is -0.149. The van der Waals surface area contributed by atoms with Crippen molar-refractivity contribution in [3.05, 3.63) is 12.7 Å². The topological polar surface area (TPSA) is 26.3 Å². The van der Waals surface area contributed by atoms with E-state index in [0.717, 1.165) is 65.6 Å². The number of carbonyl (C=O) groups excluding carboxylic acids is 1. The van der Waals surface area contributed by atoms with Crippen LogP contribution in [0.5, 0.6) is 0 Å². The van der Waals surface area contributed by atoms with Crippen molar-refractivity contribution in [1.82, 2.24) is 0 Å². The standard InChI is InChI=1S/C22H30O2/c1-3-10-5-11-6-13(10)21-16-9-15(19(11)21)20-12-7-14(22(16)20)17(8-12)24-18(23)4-2/h4,10-17,19-22H,2-3,5-9H2,1H3. The SMILES string of the molecule is C=CC(=O)OC1CC2CC1C1C3CC(C4C5CC(CC)C(C5)C34)C21. The normalized spacial score (nSPS) is 61.2. The van der Waals surface area contributed by atoms with E-state index in [-0.39, 0.29) is 12.1 Å². The maximum atomic E-state index is 11.7. The minimum absolute atomic E-state index is 0.198. The Kier molecular flexibility index (Phi) is 2.80. The van der Waals surface area contributed by atoms with Crippen LogP contribution in [-0.2, 0) is 9.53 Å². The van der Waals surface area contributed by atoms with Crippen molar-refractivity contribution in [1.29, 1.82) is 0 Å². The highest BCUT2D eigenvalue weighted by Gasteiger charge is 2.72. The second-order valence-electron chi connectivity index (χ2n) is 10.0. The van der Waals surface area contributed by atoms with E-state index in [1.54, 1.807) is 12.8 Å². The number of fused-ring (bicyclic) bond motifs is 16. The molecule has 0 N–H and O–H groups in total. The number of esters is 1. The number of carbonyl (C=O) groups is 1. The fourth-order valence-electron chi connectivity index (χ4n) is 9.71. The van der Waals surface area contributed by atoms with Gasteiger partial charge in [-0.3, -0.25) is 0 Å². The van der Waals surface area contributed by atoms with Crippen LogP contribution in [0.25, 0.3) is 0 Å². The third kappa shape index (κ3) is 1.53. The Labute approximate surface area is 145 Å². The summed E-state index contributed by atoms with van der Waals surface area (Å²) < 4.78 is 5.77. The van der Waals surface area contributed by atoms with Crippen LogP contribution in [0.1, 0.15) is 45.4 Å². The van der Waals surface area contributed by atoms with Crippen molar-refractivity contribution in [3.63, 3.8) is 0 Å². The lowest BCUT2D eigenvalue weighted by atomic mass is 9.58. The van der Waals surface area contributed by atoms with Gasteiger partial charge in [0.15, 0.2) is 0 Å². The second kappa shape index (κ2) is 4.68.